The number of anilines is 1. The Balaban J connectivity index is 1.68. The van der Waals surface area contributed by atoms with Gasteiger partial charge in [-0.15, -0.1) is 0 Å². The van der Waals surface area contributed by atoms with Crippen LogP contribution < -0.4 is 10.2 Å². The highest BCUT2D eigenvalue weighted by Gasteiger charge is 2.08. The van der Waals surface area contributed by atoms with Crippen molar-refractivity contribution < 1.29 is 4.74 Å². The van der Waals surface area contributed by atoms with Crippen molar-refractivity contribution in [2.75, 3.05) is 58.3 Å². The van der Waals surface area contributed by atoms with Crippen LogP contribution in [0.15, 0.2) is 24.3 Å². The van der Waals surface area contributed by atoms with Gasteiger partial charge in [-0.3, -0.25) is 4.90 Å². The Labute approximate surface area is 116 Å². The molecular formula is C15H25N3O. The Morgan fingerprint density at radius 1 is 1.26 bits per heavy atom. The maximum atomic E-state index is 5.78. The predicted octanol–water partition coefficient (Wildman–Crippen LogP) is 1.17. The van der Waals surface area contributed by atoms with Crippen LogP contribution in [-0.2, 0) is 11.3 Å². The average molecular weight is 263 g/mol. The van der Waals surface area contributed by atoms with E-state index < -0.39 is 0 Å². The second kappa shape index (κ2) is 7.48. The van der Waals surface area contributed by atoms with Gasteiger partial charge >= 0.3 is 0 Å². The van der Waals surface area contributed by atoms with Crippen molar-refractivity contribution in [2.24, 2.45) is 0 Å². The molecule has 19 heavy (non-hydrogen) atoms. The van der Waals surface area contributed by atoms with Crippen molar-refractivity contribution in [3.8, 4) is 0 Å². The Hall–Kier alpha value is -1.10. The third-order valence-corrected chi connectivity index (χ3v) is 3.46. The first-order valence-electron chi connectivity index (χ1n) is 7.03. The first-order valence-corrected chi connectivity index (χ1v) is 7.03. The molecule has 2 rings (SSSR count). The van der Waals surface area contributed by atoms with Crippen LogP contribution in [0.4, 0.5) is 5.69 Å². The van der Waals surface area contributed by atoms with Crippen molar-refractivity contribution in [3.05, 3.63) is 29.8 Å². The van der Waals surface area contributed by atoms with Crippen LogP contribution in [-0.4, -0.2) is 58.3 Å². The van der Waals surface area contributed by atoms with E-state index in [2.05, 4.69) is 53.5 Å². The van der Waals surface area contributed by atoms with Crippen LogP contribution in [0, 0.1) is 0 Å². The molecule has 4 nitrogen and oxygen atoms in total. The monoisotopic (exact) mass is 263 g/mol. The van der Waals surface area contributed by atoms with E-state index in [9.17, 15) is 0 Å². The number of nitrogens with zero attached hydrogens (tertiary/aromatic N) is 2. The van der Waals surface area contributed by atoms with Gasteiger partial charge in [0.25, 0.3) is 0 Å². The molecule has 4 heteroatoms. The van der Waals surface area contributed by atoms with Crippen LogP contribution in [0.1, 0.15) is 5.56 Å². The maximum Gasteiger partial charge on any atom is 0.0718 e. The van der Waals surface area contributed by atoms with Gasteiger partial charge in [0.2, 0.25) is 0 Å². The van der Waals surface area contributed by atoms with Crippen LogP contribution in [0.2, 0.25) is 0 Å². The summed E-state index contributed by atoms with van der Waals surface area (Å²) >= 11 is 0. The van der Waals surface area contributed by atoms with E-state index in [1.165, 1.54) is 11.3 Å². The number of piperazine rings is 1. The number of hydrogen-bond donors (Lipinski definition) is 1. The van der Waals surface area contributed by atoms with Crippen LogP contribution in [0.3, 0.4) is 0 Å². The third-order valence-electron chi connectivity index (χ3n) is 3.46. The first kappa shape index (κ1) is 14.3. The van der Waals surface area contributed by atoms with Gasteiger partial charge in [-0.2, -0.15) is 0 Å². The number of hydrogen-bond acceptors (Lipinski definition) is 4. The zero-order chi connectivity index (χ0) is 13.5. The summed E-state index contributed by atoms with van der Waals surface area (Å²) in [6.45, 7) is 7.03. The lowest BCUT2D eigenvalue weighted by Crippen LogP contribution is -2.44. The van der Waals surface area contributed by atoms with E-state index in [0.717, 1.165) is 39.3 Å². The number of benzene rings is 1. The Morgan fingerprint density at radius 2 is 2.05 bits per heavy atom. The average Bonchev–Trinajstić information content (AvgIpc) is 2.45. The minimum Gasteiger partial charge on any atom is -0.378 e. The van der Waals surface area contributed by atoms with Gasteiger partial charge in [0, 0.05) is 52.5 Å². The summed E-state index contributed by atoms with van der Waals surface area (Å²) in [5.74, 6) is 0. The second-order valence-corrected chi connectivity index (χ2v) is 5.21. The lowest BCUT2D eigenvalue weighted by atomic mass is 10.2. The highest BCUT2D eigenvalue weighted by atomic mass is 16.5. The predicted molar refractivity (Wildman–Crippen MR) is 79.7 cm³/mol. The van der Waals surface area contributed by atoms with Gasteiger partial charge in [0.1, 0.15) is 0 Å². The molecule has 0 amide bonds. The standard InChI is InChI=1S/C15H25N3O/c1-17(2)15-5-3-4-14(12-15)13-19-11-10-18-8-6-16-7-9-18/h3-5,12,16H,6-11,13H2,1-2H3. The molecule has 1 saturated heterocycles. The molecule has 1 fully saturated rings. The van der Waals surface area contributed by atoms with E-state index in [1.807, 2.05) is 0 Å². The summed E-state index contributed by atoms with van der Waals surface area (Å²) in [5.41, 5.74) is 2.47. The topological polar surface area (TPSA) is 27.7 Å². The lowest BCUT2D eigenvalue weighted by Gasteiger charge is -2.26. The molecule has 1 aliphatic rings. The van der Waals surface area contributed by atoms with Crippen molar-refractivity contribution >= 4 is 5.69 Å². The zero-order valence-corrected chi connectivity index (χ0v) is 12.1. The maximum absolute atomic E-state index is 5.78. The smallest absolute Gasteiger partial charge is 0.0718 e. The van der Waals surface area contributed by atoms with Gasteiger partial charge in [-0.25, -0.2) is 0 Å². The molecule has 0 aliphatic carbocycles. The Bertz CT molecular complexity index is 375. The molecule has 1 aromatic rings. The SMILES string of the molecule is CN(C)c1cccc(COCCN2CCNCC2)c1. The van der Waals surface area contributed by atoms with Crippen molar-refractivity contribution in [2.45, 2.75) is 6.61 Å². The molecule has 0 saturated carbocycles. The summed E-state index contributed by atoms with van der Waals surface area (Å²) in [5, 5.41) is 3.36. The van der Waals surface area contributed by atoms with Crippen molar-refractivity contribution in [3.63, 3.8) is 0 Å². The highest BCUT2D eigenvalue weighted by Crippen LogP contribution is 2.13. The van der Waals surface area contributed by atoms with E-state index in [0.29, 0.717) is 6.61 Å². The fourth-order valence-electron chi connectivity index (χ4n) is 2.24. The van der Waals surface area contributed by atoms with Gasteiger partial charge in [-0.1, -0.05) is 12.1 Å². The molecule has 1 aromatic carbocycles. The summed E-state index contributed by atoms with van der Waals surface area (Å²) < 4.78 is 5.78. The lowest BCUT2D eigenvalue weighted by molar-refractivity contribution is 0.0886. The molecule has 1 N–H and O–H groups in total. The second-order valence-electron chi connectivity index (χ2n) is 5.21. The molecule has 0 aromatic heterocycles. The highest BCUT2D eigenvalue weighted by molar-refractivity contribution is 5.46. The van der Waals surface area contributed by atoms with Crippen LogP contribution >= 0.6 is 0 Å². The molecule has 0 bridgehead atoms. The minimum atomic E-state index is 0.702. The zero-order valence-electron chi connectivity index (χ0n) is 12.1. The number of rotatable bonds is 6. The Kier molecular flexibility index (Phi) is 5.63. The molecule has 0 unspecified atom stereocenters. The largest absolute Gasteiger partial charge is 0.378 e. The van der Waals surface area contributed by atoms with E-state index in [-0.39, 0.29) is 0 Å². The number of nitrogens with one attached hydrogen (secondary N) is 1. The van der Waals surface area contributed by atoms with Gasteiger partial charge < -0.3 is 15.0 Å². The van der Waals surface area contributed by atoms with Gasteiger partial charge in [0.05, 0.1) is 13.2 Å². The summed E-state index contributed by atoms with van der Waals surface area (Å²) in [7, 11) is 4.12. The third kappa shape index (κ3) is 4.82. The molecule has 1 heterocycles. The fourth-order valence-corrected chi connectivity index (χ4v) is 2.24. The van der Waals surface area contributed by atoms with Gasteiger partial charge in [0.15, 0.2) is 0 Å². The van der Waals surface area contributed by atoms with Crippen molar-refractivity contribution in [1.29, 1.82) is 0 Å². The molecule has 106 valence electrons. The van der Waals surface area contributed by atoms with E-state index in [4.69, 9.17) is 4.74 Å². The summed E-state index contributed by atoms with van der Waals surface area (Å²) in [6.07, 6.45) is 0. The molecular weight excluding hydrogens is 238 g/mol. The van der Waals surface area contributed by atoms with E-state index in [1.54, 1.807) is 0 Å². The quantitative estimate of drug-likeness (QED) is 0.780. The summed E-state index contributed by atoms with van der Waals surface area (Å²) in [6, 6.07) is 8.51. The molecule has 0 atom stereocenters. The Morgan fingerprint density at radius 3 is 2.79 bits per heavy atom. The van der Waals surface area contributed by atoms with Crippen molar-refractivity contribution in [1.82, 2.24) is 10.2 Å². The van der Waals surface area contributed by atoms with Crippen LogP contribution in [0.5, 0.6) is 0 Å². The first-order chi connectivity index (χ1) is 9.25. The molecule has 1 aliphatic heterocycles. The van der Waals surface area contributed by atoms with E-state index >= 15 is 0 Å². The summed E-state index contributed by atoms with van der Waals surface area (Å²) in [4.78, 5) is 4.57. The normalized spacial score (nSPS) is 16.5. The molecule has 0 spiro atoms. The van der Waals surface area contributed by atoms with Gasteiger partial charge in [-0.05, 0) is 17.7 Å². The number of ether oxygens (including phenoxy) is 1. The minimum absolute atomic E-state index is 0.702. The molecule has 0 radical (unpaired) electrons. The van der Waals surface area contributed by atoms with Crippen LogP contribution in [0.25, 0.3) is 0 Å². The fraction of sp³-hybridized carbons (Fsp3) is 0.600.